The van der Waals surface area contributed by atoms with Gasteiger partial charge in [0.2, 0.25) is 5.95 Å². The first-order valence-corrected chi connectivity index (χ1v) is 6.56. The van der Waals surface area contributed by atoms with Gasteiger partial charge >= 0.3 is 0 Å². The Bertz CT molecular complexity index is 677. The van der Waals surface area contributed by atoms with Gasteiger partial charge in [0, 0.05) is 24.3 Å². The summed E-state index contributed by atoms with van der Waals surface area (Å²) >= 11 is 0. The van der Waals surface area contributed by atoms with Crippen LogP contribution in [0.25, 0.3) is 0 Å². The van der Waals surface area contributed by atoms with Crippen LogP contribution in [0.4, 0.5) is 11.6 Å². The fraction of sp³-hybridized carbons (Fsp3) is 0.333. The van der Waals surface area contributed by atoms with E-state index in [0.29, 0.717) is 23.6 Å². The van der Waals surface area contributed by atoms with Gasteiger partial charge in [0.1, 0.15) is 0 Å². The van der Waals surface area contributed by atoms with Crippen molar-refractivity contribution in [1.82, 2.24) is 9.97 Å². The molecule has 1 aromatic heterocycles. The zero-order chi connectivity index (χ0) is 14.7. The molecule has 2 rings (SSSR count). The number of benzene rings is 1. The molecule has 0 aliphatic rings. The summed E-state index contributed by atoms with van der Waals surface area (Å²) < 4.78 is 0. The smallest absolute Gasteiger partial charge is 0.255 e. The summed E-state index contributed by atoms with van der Waals surface area (Å²) in [6.45, 7) is 5.79. The number of hydrogen-bond donors (Lipinski definition) is 3. The molecule has 106 valence electrons. The number of H-pyrrole nitrogens is 1. The summed E-state index contributed by atoms with van der Waals surface area (Å²) in [6, 6.07) is 5.97. The van der Waals surface area contributed by atoms with E-state index in [-0.39, 0.29) is 12.2 Å². The maximum absolute atomic E-state index is 11.9. The third kappa shape index (κ3) is 3.05. The summed E-state index contributed by atoms with van der Waals surface area (Å²) in [5.74, 6) is 0.414. The second-order valence-electron chi connectivity index (χ2n) is 4.88. The molecule has 0 aliphatic heterocycles. The van der Waals surface area contributed by atoms with Crippen LogP contribution in [0.15, 0.2) is 23.0 Å². The summed E-state index contributed by atoms with van der Waals surface area (Å²) in [5.41, 5.74) is 4.22. The first kappa shape index (κ1) is 14.3. The SMILES string of the molecule is Cc1ccc(Nc2nc(C)c(CCO)c(=O)[nH]2)cc1C. The van der Waals surface area contributed by atoms with Gasteiger partial charge in [0.15, 0.2) is 0 Å². The lowest BCUT2D eigenvalue weighted by molar-refractivity contribution is 0.298. The molecule has 1 aromatic carbocycles. The quantitative estimate of drug-likeness (QED) is 0.796. The molecule has 0 aliphatic carbocycles. The predicted octanol–water partition coefficient (Wildman–Crippen LogP) is 1.97. The van der Waals surface area contributed by atoms with Crippen molar-refractivity contribution < 1.29 is 5.11 Å². The minimum absolute atomic E-state index is 0.0600. The zero-order valence-corrected chi connectivity index (χ0v) is 11.9. The number of hydrogen-bond acceptors (Lipinski definition) is 4. The van der Waals surface area contributed by atoms with Gasteiger partial charge < -0.3 is 10.4 Å². The van der Waals surface area contributed by atoms with E-state index in [1.54, 1.807) is 6.92 Å². The van der Waals surface area contributed by atoms with E-state index < -0.39 is 0 Å². The number of aliphatic hydroxyl groups is 1. The maximum atomic E-state index is 11.9. The van der Waals surface area contributed by atoms with Gasteiger partial charge in [-0.05, 0) is 44.0 Å². The van der Waals surface area contributed by atoms with Crippen LogP contribution in [0.1, 0.15) is 22.4 Å². The molecule has 0 radical (unpaired) electrons. The van der Waals surface area contributed by atoms with Crippen LogP contribution in [-0.4, -0.2) is 21.7 Å². The van der Waals surface area contributed by atoms with Crippen LogP contribution in [0.2, 0.25) is 0 Å². The van der Waals surface area contributed by atoms with Crippen molar-refractivity contribution in [3.8, 4) is 0 Å². The minimum atomic E-state index is -0.210. The van der Waals surface area contributed by atoms with Crippen molar-refractivity contribution in [3.63, 3.8) is 0 Å². The van der Waals surface area contributed by atoms with Crippen molar-refractivity contribution in [2.45, 2.75) is 27.2 Å². The van der Waals surface area contributed by atoms with Crippen LogP contribution in [-0.2, 0) is 6.42 Å². The van der Waals surface area contributed by atoms with Crippen LogP contribution < -0.4 is 10.9 Å². The average Bonchev–Trinajstić information content (AvgIpc) is 2.38. The highest BCUT2D eigenvalue weighted by atomic mass is 16.3. The lowest BCUT2D eigenvalue weighted by Gasteiger charge is -2.10. The Morgan fingerprint density at radius 3 is 2.60 bits per heavy atom. The number of anilines is 2. The Morgan fingerprint density at radius 2 is 2.00 bits per heavy atom. The van der Waals surface area contributed by atoms with Crippen LogP contribution >= 0.6 is 0 Å². The Morgan fingerprint density at radius 1 is 1.25 bits per heavy atom. The largest absolute Gasteiger partial charge is 0.396 e. The molecule has 5 heteroatoms. The zero-order valence-electron chi connectivity index (χ0n) is 11.9. The third-order valence-electron chi connectivity index (χ3n) is 3.35. The first-order chi connectivity index (χ1) is 9.51. The summed E-state index contributed by atoms with van der Waals surface area (Å²) in [6.07, 6.45) is 0.318. The van der Waals surface area contributed by atoms with Gasteiger partial charge in [-0.3, -0.25) is 9.78 Å². The molecule has 3 N–H and O–H groups in total. The third-order valence-corrected chi connectivity index (χ3v) is 3.35. The Balaban J connectivity index is 2.30. The number of aryl methyl sites for hydroxylation is 3. The summed E-state index contributed by atoms with van der Waals surface area (Å²) in [5, 5.41) is 12.0. The number of aromatic amines is 1. The van der Waals surface area contributed by atoms with Crippen LogP contribution in [0.3, 0.4) is 0 Å². The number of aliphatic hydroxyl groups excluding tert-OH is 1. The predicted molar refractivity (Wildman–Crippen MR) is 79.6 cm³/mol. The van der Waals surface area contributed by atoms with Gasteiger partial charge in [-0.2, -0.15) is 0 Å². The lowest BCUT2D eigenvalue weighted by atomic mass is 10.1. The molecule has 0 unspecified atom stereocenters. The highest BCUT2D eigenvalue weighted by Gasteiger charge is 2.08. The van der Waals surface area contributed by atoms with Gasteiger partial charge in [-0.25, -0.2) is 4.98 Å². The minimum Gasteiger partial charge on any atom is -0.396 e. The highest BCUT2D eigenvalue weighted by molar-refractivity contribution is 5.55. The second-order valence-corrected chi connectivity index (χ2v) is 4.88. The standard InChI is InChI=1S/C15H19N3O2/c1-9-4-5-12(8-10(9)2)17-15-16-11(3)13(6-7-19)14(20)18-15/h4-5,8,19H,6-7H2,1-3H3,(H2,16,17,18,20). The normalized spacial score (nSPS) is 10.6. The van der Waals surface area contributed by atoms with Crippen molar-refractivity contribution in [1.29, 1.82) is 0 Å². The van der Waals surface area contributed by atoms with Gasteiger partial charge in [-0.15, -0.1) is 0 Å². The van der Waals surface area contributed by atoms with E-state index in [1.807, 2.05) is 32.0 Å². The van der Waals surface area contributed by atoms with E-state index in [4.69, 9.17) is 5.11 Å². The number of aromatic nitrogens is 2. The number of nitrogens with one attached hydrogen (secondary N) is 2. The summed E-state index contributed by atoms with van der Waals surface area (Å²) in [7, 11) is 0. The molecule has 0 spiro atoms. The van der Waals surface area contributed by atoms with Crippen molar-refractivity contribution in [2.24, 2.45) is 0 Å². The molecule has 0 atom stereocenters. The molecule has 2 aromatic rings. The monoisotopic (exact) mass is 273 g/mol. The molecule has 20 heavy (non-hydrogen) atoms. The molecule has 0 fully saturated rings. The Kier molecular flexibility index (Phi) is 4.20. The summed E-state index contributed by atoms with van der Waals surface area (Å²) in [4.78, 5) is 18.9. The van der Waals surface area contributed by atoms with Crippen molar-refractivity contribution in [2.75, 3.05) is 11.9 Å². The molecule has 1 heterocycles. The fourth-order valence-corrected chi connectivity index (χ4v) is 2.03. The molecule has 0 saturated carbocycles. The maximum Gasteiger partial charge on any atom is 0.255 e. The highest BCUT2D eigenvalue weighted by Crippen LogP contribution is 2.17. The van der Waals surface area contributed by atoms with E-state index >= 15 is 0 Å². The van der Waals surface area contributed by atoms with E-state index in [0.717, 1.165) is 5.69 Å². The van der Waals surface area contributed by atoms with Gasteiger partial charge in [0.25, 0.3) is 5.56 Å². The molecule has 0 saturated heterocycles. The molecule has 0 amide bonds. The van der Waals surface area contributed by atoms with E-state index in [2.05, 4.69) is 15.3 Å². The average molecular weight is 273 g/mol. The van der Waals surface area contributed by atoms with Crippen LogP contribution in [0.5, 0.6) is 0 Å². The Labute approximate surface area is 117 Å². The first-order valence-electron chi connectivity index (χ1n) is 6.56. The number of rotatable bonds is 4. The molecule has 5 nitrogen and oxygen atoms in total. The molecular formula is C15H19N3O2. The second kappa shape index (κ2) is 5.88. The van der Waals surface area contributed by atoms with E-state index in [9.17, 15) is 4.79 Å². The topological polar surface area (TPSA) is 78.0 Å². The van der Waals surface area contributed by atoms with Gasteiger partial charge in [-0.1, -0.05) is 6.07 Å². The van der Waals surface area contributed by atoms with Crippen LogP contribution in [0, 0.1) is 20.8 Å². The lowest BCUT2D eigenvalue weighted by Crippen LogP contribution is -2.19. The Hall–Kier alpha value is -2.14. The number of nitrogens with zero attached hydrogens (tertiary/aromatic N) is 1. The molecular weight excluding hydrogens is 254 g/mol. The van der Waals surface area contributed by atoms with Crippen molar-refractivity contribution in [3.05, 3.63) is 50.9 Å². The van der Waals surface area contributed by atoms with Gasteiger partial charge in [0.05, 0.1) is 5.69 Å². The molecule has 0 bridgehead atoms. The van der Waals surface area contributed by atoms with E-state index in [1.165, 1.54) is 11.1 Å². The van der Waals surface area contributed by atoms with Crippen molar-refractivity contribution >= 4 is 11.6 Å². The fourth-order valence-electron chi connectivity index (χ4n) is 2.03.